The molecule has 2 atom stereocenters. The molecular weight excluding hydrogens is 514 g/mol. The lowest BCUT2D eigenvalue weighted by atomic mass is 10.0. The number of aliphatic carboxylic acids is 1. The zero-order valence-corrected chi connectivity index (χ0v) is 20.1. The van der Waals surface area contributed by atoms with Crippen LogP contribution < -0.4 is 10.6 Å². The molecule has 0 bridgehead atoms. The molecule has 0 spiro atoms. The molecule has 3 heterocycles. The third kappa shape index (κ3) is 5.31. The Labute approximate surface area is 205 Å². The van der Waals surface area contributed by atoms with Crippen molar-refractivity contribution in [2.45, 2.75) is 18.3 Å². The molecular formula is C18H18ClN5O8S2. The fourth-order valence-electron chi connectivity index (χ4n) is 3.08. The lowest BCUT2D eigenvalue weighted by Crippen LogP contribution is -2.71. The molecule has 1 unspecified atom stereocenters. The van der Waals surface area contributed by atoms with Crippen LogP contribution in [0.25, 0.3) is 0 Å². The Balaban J connectivity index is 1.75. The molecule has 1 aromatic rings. The van der Waals surface area contributed by atoms with Crippen LogP contribution in [0.4, 0.5) is 5.13 Å². The number of ether oxygens (including phenoxy) is 1. The van der Waals surface area contributed by atoms with Gasteiger partial charge < -0.3 is 25.3 Å². The van der Waals surface area contributed by atoms with E-state index < -0.39 is 41.1 Å². The number of anilines is 1. The summed E-state index contributed by atoms with van der Waals surface area (Å²) in [5.41, 5.74) is -0.158. The Morgan fingerprint density at radius 2 is 2.12 bits per heavy atom. The van der Waals surface area contributed by atoms with Gasteiger partial charge in [-0.25, -0.2) is 9.78 Å². The monoisotopic (exact) mass is 531 g/mol. The summed E-state index contributed by atoms with van der Waals surface area (Å²) in [6, 6.07) is -1.03. The van der Waals surface area contributed by atoms with Crippen LogP contribution >= 0.6 is 34.7 Å². The number of rotatable bonds is 9. The highest BCUT2D eigenvalue weighted by Gasteiger charge is 2.54. The molecule has 0 aromatic carbocycles. The van der Waals surface area contributed by atoms with E-state index in [0.717, 1.165) is 16.2 Å². The maximum Gasteiger partial charge on any atom is 0.352 e. The number of hydrogen-bond donors (Lipinski definition) is 3. The summed E-state index contributed by atoms with van der Waals surface area (Å²) in [5, 5.41) is 19.2. The highest BCUT2D eigenvalue weighted by atomic mass is 35.5. The SMILES string of the molecule is CO/N=C(\C(=O)NC1C(=O)N2C(C(=O)O)=C(COC(C)=O)CS[C@@H]12)c1csc(NC(=O)CCl)n1. The van der Waals surface area contributed by atoms with Crippen molar-refractivity contribution in [3.63, 3.8) is 0 Å². The molecule has 3 N–H and O–H groups in total. The summed E-state index contributed by atoms with van der Waals surface area (Å²) in [5.74, 6) is -3.93. The van der Waals surface area contributed by atoms with Gasteiger partial charge in [0.2, 0.25) is 5.91 Å². The lowest BCUT2D eigenvalue weighted by Gasteiger charge is -2.49. The average molecular weight is 532 g/mol. The lowest BCUT2D eigenvalue weighted by molar-refractivity contribution is -0.150. The maximum atomic E-state index is 12.9. The van der Waals surface area contributed by atoms with Gasteiger partial charge in [-0.15, -0.1) is 34.7 Å². The number of hydrogen-bond acceptors (Lipinski definition) is 11. The van der Waals surface area contributed by atoms with Gasteiger partial charge in [-0.2, -0.15) is 0 Å². The highest BCUT2D eigenvalue weighted by molar-refractivity contribution is 8.00. The molecule has 34 heavy (non-hydrogen) atoms. The molecule has 3 amide bonds. The van der Waals surface area contributed by atoms with Gasteiger partial charge in [0, 0.05) is 23.6 Å². The van der Waals surface area contributed by atoms with Crippen LogP contribution in [0.15, 0.2) is 21.8 Å². The van der Waals surface area contributed by atoms with Crippen LogP contribution in [-0.4, -0.2) is 87.1 Å². The third-order valence-corrected chi connectivity index (χ3v) is 6.84. The first-order valence-electron chi connectivity index (χ1n) is 9.45. The minimum Gasteiger partial charge on any atom is -0.477 e. The van der Waals surface area contributed by atoms with Crippen molar-refractivity contribution >= 4 is 75.2 Å². The van der Waals surface area contributed by atoms with Crippen molar-refractivity contribution in [3.8, 4) is 0 Å². The third-order valence-electron chi connectivity index (χ3n) is 4.50. The normalized spacial score (nSPS) is 19.7. The van der Waals surface area contributed by atoms with Crippen LogP contribution in [0.5, 0.6) is 0 Å². The Morgan fingerprint density at radius 3 is 2.74 bits per heavy atom. The second-order valence-corrected chi connectivity index (χ2v) is 8.97. The molecule has 182 valence electrons. The minimum absolute atomic E-state index is 0.0870. The minimum atomic E-state index is -1.35. The van der Waals surface area contributed by atoms with Gasteiger partial charge in [0.15, 0.2) is 10.8 Å². The van der Waals surface area contributed by atoms with E-state index in [-0.39, 0.29) is 46.0 Å². The number of carboxylic acids is 1. The van der Waals surface area contributed by atoms with Crippen LogP contribution in [-0.2, 0) is 33.5 Å². The molecule has 13 nitrogen and oxygen atoms in total. The van der Waals surface area contributed by atoms with Crippen molar-refractivity contribution < 1.29 is 38.7 Å². The Kier molecular flexibility index (Phi) is 8.11. The van der Waals surface area contributed by atoms with E-state index in [0.29, 0.717) is 0 Å². The molecule has 3 rings (SSSR count). The van der Waals surface area contributed by atoms with Crippen LogP contribution in [0.1, 0.15) is 12.6 Å². The average Bonchev–Trinajstić information content (AvgIpc) is 3.26. The number of carboxylic acid groups (broad SMARTS) is 1. The van der Waals surface area contributed by atoms with E-state index in [1.165, 1.54) is 31.2 Å². The molecule has 1 aromatic heterocycles. The topological polar surface area (TPSA) is 177 Å². The summed E-state index contributed by atoms with van der Waals surface area (Å²) in [6.07, 6.45) is 0. The summed E-state index contributed by atoms with van der Waals surface area (Å²) >= 11 is 7.69. The van der Waals surface area contributed by atoms with Gasteiger partial charge in [-0.3, -0.25) is 24.1 Å². The fraction of sp³-hybridized carbons (Fsp3) is 0.389. The van der Waals surface area contributed by atoms with Crippen LogP contribution in [0.2, 0.25) is 0 Å². The predicted octanol–water partition coefficient (Wildman–Crippen LogP) is -0.0274. The zero-order chi connectivity index (χ0) is 25.0. The first-order valence-corrected chi connectivity index (χ1v) is 11.9. The van der Waals surface area contributed by atoms with Crippen molar-refractivity contribution in [1.29, 1.82) is 0 Å². The van der Waals surface area contributed by atoms with Gasteiger partial charge >= 0.3 is 11.9 Å². The molecule has 1 fully saturated rings. The van der Waals surface area contributed by atoms with Crippen molar-refractivity contribution in [3.05, 3.63) is 22.3 Å². The summed E-state index contributed by atoms with van der Waals surface area (Å²) < 4.78 is 4.89. The largest absolute Gasteiger partial charge is 0.477 e. The van der Waals surface area contributed by atoms with Crippen LogP contribution in [0, 0.1) is 0 Å². The smallest absolute Gasteiger partial charge is 0.352 e. The number of thioether (sulfide) groups is 1. The Hall–Kier alpha value is -3.17. The van der Waals surface area contributed by atoms with Crippen molar-refractivity contribution in [2.24, 2.45) is 5.16 Å². The van der Waals surface area contributed by atoms with E-state index in [4.69, 9.17) is 21.2 Å². The van der Waals surface area contributed by atoms with Gasteiger partial charge in [0.05, 0.1) is 0 Å². The number of alkyl halides is 1. The quantitative estimate of drug-likeness (QED) is 0.129. The fourth-order valence-corrected chi connectivity index (χ4v) is 5.19. The number of halogens is 1. The first-order chi connectivity index (χ1) is 16.2. The van der Waals surface area contributed by atoms with Gasteiger partial charge in [0.25, 0.3) is 11.8 Å². The number of oxime groups is 1. The molecule has 0 radical (unpaired) electrons. The van der Waals surface area contributed by atoms with Gasteiger partial charge in [-0.05, 0) is 0 Å². The van der Waals surface area contributed by atoms with E-state index in [1.54, 1.807) is 0 Å². The molecule has 0 aliphatic carbocycles. The molecule has 2 aliphatic heterocycles. The number of aromatic nitrogens is 1. The van der Waals surface area contributed by atoms with E-state index >= 15 is 0 Å². The Bertz CT molecular complexity index is 1100. The van der Waals surface area contributed by atoms with Crippen molar-refractivity contribution in [1.82, 2.24) is 15.2 Å². The predicted molar refractivity (Wildman–Crippen MR) is 121 cm³/mol. The Morgan fingerprint density at radius 1 is 1.38 bits per heavy atom. The van der Waals surface area contributed by atoms with Crippen molar-refractivity contribution in [2.75, 3.05) is 30.7 Å². The standard InChI is InChI=1S/C18H18ClN5O8S2/c1-7(25)32-4-8-5-33-16-12(15(28)24(16)13(8)17(29)30)22-14(27)11(23-31-2)9-6-34-18(20-9)21-10(26)3-19/h6,12,16H,3-5H2,1-2H3,(H,22,27)(H,29,30)(H,20,21,26)/b23-11-/t12?,16-/m0/s1. The van der Waals surface area contributed by atoms with E-state index in [9.17, 15) is 29.1 Å². The zero-order valence-electron chi connectivity index (χ0n) is 17.7. The number of fused-ring (bicyclic) bond motifs is 1. The number of carbonyl (C=O) groups is 5. The highest BCUT2D eigenvalue weighted by Crippen LogP contribution is 2.40. The van der Waals surface area contributed by atoms with E-state index in [1.807, 2.05) is 0 Å². The van der Waals surface area contributed by atoms with Gasteiger partial charge in [-0.1, -0.05) is 5.16 Å². The number of esters is 1. The molecule has 16 heteroatoms. The second-order valence-electron chi connectivity index (χ2n) is 6.74. The molecule has 0 saturated carbocycles. The maximum absolute atomic E-state index is 12.9. The number of thiazole rings is 1. The molecule has 2 aliphatic rings. The van der Waals surface area contributed by atoms with E-state index in [2.05, 4.69) is 20.8 Å². The first kappa shape index (κ1) is 25.5. The number of nitrogens with zero attached hydrogens (tertiary/aromatic N) is 3. The molecule has 1 saturated heterocycles. The van der Waals surface area contributed by atoms with Crippen LogP contribution in [0.3, 0.4) is 0 Å². The summed E-state index contributed by atoms with van der Waals surface area (Å²) in [6.45, 7) is 0.935. The number of carbonyl (C=O) groups excluding carboxylic acids is 4. The number of nitrogens with one attached hydrogen (secondary N) is 2. The second kappa shape index (κ2) is 10.8. The summed E-state index contributed by atoms with van der Waals surface area (Å²) in [4.78, 5) is 69.8. The number of amides is 3. The number of β-lactam (4-membered cyclic amide) rings is 1. The summed E-state index contributed by atoms with van der Waals surface area (Å²) in [7, 11) is 1.22. The van der Waals surface area contributed by atoms with Gasteiger partial charge in [0.1, 0.15) is 42.4 Å².